The Balaban J connectivity index is 1.80. The van der Waals surface area contributed by atoms with Gasteiger partial charge in [-0.1, -0.05) is 38.8 Å². The molecule has 0 aromatic heterocycles. The molecule has 4 rings (SSSR count). The van der Waals surface area contributed by atoms with Crippen LogP contribution in [0.4, 0.5) is 4.39 Å². The van der Waals surface area contributed by atoms with Gasteiger partial charge in [0.1, 0.15) is 6.61 Å². The number of hydrogen-bond donors (Lipinski definition) is 2. The molecule has 0 heterocycles. The third-order valence-corrected chi connectivity index (χ3v) is 9.75. The van der Waals surface area contributed by atoms with Crippen LogP contribution in [-0.4, -0.2) is 51.7 Å². The first-order valence-electron chi connectivity index (χ1n) is 12.6. The topological polar surface area (TPSA) is 101 Å². The average Bonchev–Trinajstić information content (AvgIpc) is 3.00. The third kappa shape index (κ3) is 3.08. The summed E-state index contributed by atoms with van der Waals surface area (Å²) in [6.07, 6.45) is 5.92. The van der Waals surface area contributed by atoms with E-state index in [-0.39, 0.29) is 24.5 Å². The highest BCUT2D eigenvalue weighted by Gasteiger charge is 2.77. The van der Waals surface area contributed by atoms with Crippen molar-refractivity contribution >= 4 is 17.5 Å². The van der Waals surface area contributed by atoms with Crippen molar-refractivity contribution in [2.75, 3.05) is 6.61 Å². The highest BCUT2D eigenvalue weighted by molar-refractivity contribution is 6.01. The molecule has 4 aliphatic carbocycles. The van der Waals surface area contributed by atoms with Gasteiger partial charge in [-0.3, -0.25) is 14.4 Å². The molecule has 0 aromatic rings. The zero-order valence-corrected chi connectivity index (χ0v) is 20.6. The van der Waals surface area contributed by atoms with Crippen LogP contribution in [-0.2, 0) is 19.1 Å². The number of halogens is 1. The number of esters is 1. The van der Waals surface area contributed by atoms with Crippen LogP contribution in [0, 0.1) is 28.6 Å². The van der Waals surface area contributed by atoms with E-state index in [4.69, 9.17) is 4.74 Å². The number of aliphatic hydroxyl groups excluding tert-OH is 2. The molecule has 7 heteroatoms. The molecule has 8 atom stereocenters. The van der Waals surface area contributed by atoms with Gasteiger partial charge in [0.25, 0.3) is 0 Å². The summed E-state index contributed by atoms with van der Waals surface area (Å²) >= 11 is 0. The number of hydrogen-bond acceptors (Lipinski definition) is 6. The first-order valence-corrected chi connectivity index (χ1v) is 12.6. The van der Waals surface area contributed by atoms with Gasteiger partial charge in [0.05, 0.1) is 6.10 Å². The normalized spacial score (nSPS) is 45.1. The Labute approximate surface area is 200 Å². The van der Waals surface area contributed by atoms with Crippen molar-refractivity contribution < 1.29 is 33.7 Å². The van der Waals surface area contributed by atoms with E-state index < -0.39 is 58.4 Å². The number of fused-ring (bicyclic) bond motifs is 5. The molecule has 3 fully saturated rings. The van der Waals surface area contributed by atoms with E-state index in [0.717, 1.165) is 6.42 Å². The lowest BCUT2D eigenvalue weighted by molar-refractivity contribution is -0.228. The maximum atomic E-state index is 17.3. The Bertz CT molecular complexity index is 957. The van der Waals surface area contributed by atoms with Crippen LogP contribution in [0.1, 0.15) is 72.6 Å². The lowest BCUT2D eigenvalue weighted by Crippen LogP contribution is -2.70. The fourth-order valence-corrected chi connectivity index (χ4v) is 8.07. The number of carbonyl (C=O) groups is 3. The van der Waals surface area contributed by atoms with E-state index >= 15 is 4.39 Å². The van der Waals surface area contributed by atoms with Crippen molar-refractivity contribution in [2.45, 2.75) is 90.0 Å². The summed E-state index contributed by atoms with van der Waals surface area (Å²) in [6, 6.07) is 0. The summed E-state index contributed by atoms with van der Waals surface area (Å²) in [5.74, 6) is -2.62. The Morgan fingerprint density at radius 1 is 1.26 bits per heavy atom. The molecule has 0 radical (unpaired) electrons. The molecule has 34 heavy (non-hydrogen) atoms. The molecule has 0 bridgehead atoms. The lowest BCUT2D eigenvalue weighted by Gasteiger charge is -2.62. The second-order valence-corrected chi connectivity index (χ2v) is 11.3. The van der Waals surface area contributed by atoms with Gasteiger partial charge < -0.3 is 14.9 Å². The van der Waals surface area contributed by atoms with E-state index in [9.17, 15) is 24.6 Å². The van der Waals surface area contributed by atoms with Crippen LogP contribution < -0.4 is 0 Å². The second-order valence-electron chi connectivity index (χ2n) is 11.3. The van der Waals surface area contributed by atoms with E-state index in [1.165, 1.54) is 12.2 Å². The van der Waals surface area contributed by atoms with Gasteiger partial charge in [-0.25, -0.2) is 4.39 Å². The molecule has 1 unspecified atom stereocenters. The van der Waals surface area contributed by atoms with E-state index in [2.05, 4.69) is 0 Å². The monoisotopic (exact) mass is 476 g/mol. The molecular weight excluding hydrogens is 439 g/mol. The minimum Gasteiger partial charge on any atom is -0.450 e. The van der Waals surface area contributed by atoms with Crippen LogP contribution >= 0.6 is 0 Å². The number of unbranched alkanes of at least 4 members (excludes halogenated alkanes) is 1. The number of ether oxygens (including phenoxy) is 1. The number of rotatable bonds is 6. The summed E-state index contributed by atoms with van der Waals surface area (Å²) in [4.78, 5) is 38.1. The Morgan fingerprint density at radius 3 is 2.62 bits per heavy atom. The van der Waals surface area contributed by atoms with Crippen molar-refractivity contribution in [1.82, 2.24) is 0 Å². The molecule has 6 nitrogen and oxygen atoms in total. The van der Waals surface area contributed by atoms with Crippen molar-refractivity contribution in [2.24, 2.45) is 28.6 Å². The summed E-state index contributed by atoms with van der Waals surface area (Å²) in [5.41, 5.74) is -5.11. The zero-order chi connectivity index (χ0) is 25.1. The third-order valence-electron chi connectivity index (χ3n) is 9.75. The van der Waals surface area contributed by atoms with Crippen molar-refractivity contribution in [3.63, 3.8) is 0 Å². The second kappa shape index (κ2) is 8.37. The number of allylic oxidation sites excluding steroid dienone is 4. The van der Waals surface area contributed by atoms with E-state index in [0.29, 0.717) is 31.3 Å². The number of ketones is 2. The minimum absolute atomic E-state index is 0.0769. The first-order chi connectivity index (χ1) is 15.9. The number of alkyl halides is 1. The van der Waals surface area contributed by atoms with Crippen LogP contribution in [0.25, 0.3) is 0 Å². The molecule has 4 aliphatic rings. The van der Waals surface area contributed by atoms with Gasteiger partial charge in [-0.2, -0.15) is 0 Å². The average molecular weight is 477 g/mol. The maximum absolute atomic E-state index is 17.3. The van der Waals surface area contributed by atoms with Gasteiger partial charge in [0, 0.05) is 29.1 Å². The fraction of sp³-hybridized carbons (Fsp3) is 0.741. The zero-order valence-electron chi connectivity index (χ0n) is 20.6. The Morgan fingerprint density at radius 2 is 1.97 bits per heavy atom. The highest BCUT2D eigenvalue weighted by atomic mass is 19.1. The summed E-state index contributed by atoms with van der Waals surface area (Å²) in [7, 11) is 0. The van der Waals surface area contributed by atoms with Crippen molar-refractivity contribution in [3.05, 3.63) is 23.8 Å². The molecule has 0 amide bonds. The van der Waals surface area contributed by atoms with Crippen molar-refractivity contribution in [3.8, 4) is 0 Å². The predicted octanol–water partition coefficient (Wildman–Crippen LogP) is 3.64. The molecule has 0 saturated heterocycles. The molecule has 188 valence electrons. The SMILES string of the molecule is CCCCC(=O)O[C@]1(C(=O)CO)[C@@H](C)CC2[C@@H]3CCC4=CC(=O)C=C[C@]4(C)[C@@]3(F)[C@@H](O)C[C@@]21C. The van der Waals surface area contributed by atoms with Crippen molar-refractivity contribution in [1.29, 1.82) is 0 Å². The predicted molar refractivity (Wildman–Crippen MR) is 123 cm³/mol. The van der Waals surface area contributed by atoms with Gasteiger partial charge >= 0.3 is 5.97 Å². The molecule has 3 saturated carbocycles. The molecule has 0 aromatic carbocycles. The van der Waals surface area contributed by atoms with E-state index in [1.807, 2.05) is 20.8 Å². The van der Waals surface area contributed by atoms with E-state index in [1.54, 1.807) is 13.0 Å². The fourth-order valence-electron chi connectivity index (χ4n) is 8.07. The standard InChI is InChI=1S/C27H37FO6/c1-5-6-7-23(33)34-27(22(32)15-29)16(2)12-20-19-9-8-17-13-18(30)10-11-24(17,3)26(19,28)21(31)14-25(20,27)4/h10-11,13,16,19-21,29,31H,5-9,12,14-15H2,1-4H3/t16-,19-,20?,21-,24-,25-,26-,27-/m0/s1. The number of aliphatic hydroxyl groups is 2. The van der Waals surface area contributed by atoms with Crippen LogP contribution in [0.5, 0.6) is 0 Å². The molecule has 0 spiro atoms. The smallest absolute Gasteiger partial charge is 0.306 e. The lowest BCUT2D eigenvalue weighted by atomic mass is 9.44. The Hall–Kier alpha value is -1.86. The number of carbonyl (C=O) groups excluding carboxylic acids is 3. The van der Waals surface area contributed by atoms with Gasteiger partial charge in [0.2, 0.25) is 5.78 Å². The van der Waals surface area contributed by atoms with Gasteiger partial charge in [-0.15, -0.1) is 0 Å². The summed E-state index contributed by atoms with van der Waals surface area (Å²) < 4.78 is 23.3. The summed E-state index contributed by atoms with van der Waals surface area (Å²) in [5, 5.41) is 21.4. The minimum atomic E-state index is -2.03. The maximum Gasteiger partial charge on any atom is 0.306 e. The molecule has 0 aliphatic heterocycles. The highest BCUT2D eigenvalue weighted by Crippen LogP contribution is 2.71. The quantitative estimate of drug-likeness (QED) is 0.568. The van der Waals surface area contributed by atoms with Crippen LogP contribution in [0.2, 0.25) is 0 Å². The van der Waals surface area contributed by atoms with Crippen LogP contribution in [0.15, 0.2) is 23.8 Å². The van der Waals surface area contributed by atoms with Crippen LogP contribution in [0.3, 0.4) is 0 Å². The number of Topliss-reactive ketones (excluding diaryl/α,β-unsaturated/α-hetero) is 1. The molecular formula is C27H37FO6. The first kappa shape index (κ1) is 25.2. The van der Waals surface area contributed by atoms with Gasteiger partial charge in [-0.05, 0) is 57.1 Å². The molecule has 2 N–H and O–H groups in total. The largest absolute Gasteiger partial charge is 0.450 e. The van der Waals surface area contributed by atoms with Gasteiger partial charge in [0.15, 0.2) is 17.1 Å². The Kier molecular flexibility index (Phi) is 6.21. The summed E-state index contributed by atoms with van der Waals surface area (Å²) in [6.45, 7) is 6.55.